The summed E-state index contributed by atoms with van der Waals surface area (Å²) in [6.07, 6.45) is 1.31. The van der Waals surface area contributed by atoms with Crippen LogP contribution in [-0.2, 0) is 9.22 Å². The smallest absolute Gasteiger partial charge is 0.316 e. The molecule has 0 N–H and O–H groups in total. The van der Waals surface area contributed by atoms with Gasteiger partial charge in [0.05, 0.1) is 0 Å². The molecule has 1 unspecified atom stereocenters. The van der Waals surface area contributed by atoms with Crippen LogP contribution in [0.1, 0.15) is 55.4 Å². The van der Waals surface area contributed by atoms with Crippen LogP contribution in [0.25, 0.3) is 0 Å². The molecular weight excluding hydrogens is 252 g/mol. The number of hydrogen-bond acceptors (Lipinski definition) is 2. The molecule has 112 valence electrons. The fourth-order valence-electron chi connectivity index (χ4n) is 2.85. The molecule has 0 saturated carbocycles. The molecule has 0 rings (SSSR count). The molecule has 0 spiro atoms. The maximum atomic E-state index is 11.9. The molecule has 0 aromatic carbocycles. The summed E-state index contributed by atoms with van der Waals surface area (Å²) in [6, 6.07) is 1.01. The molecule has 2 nitrogen and oxygen atoms in total. The van der Waals surface area contributed by atoms with Gasteiger partial charge in [-0.25, -0.2) is 4.79 Å². The Morgan fingerprint density at radius 2 is 1.68 bits per heavy atom. The van der Waals surface area contributed by atoms with Crippen LogP contribution in [0.15, 0.2) is 12.7 Å². The minimum absolute atomic E-state index is 0.0457. The van der Waals surface area contributed by atoms with Crippen LogP contribution in [-0.4, -0.2) is 14.3 Å². The van der Waals surface area contributed by atoms with E-state index in [4.69, 9.17) is 4.43 Å². The highest BCUT2D eigenvalue weighted by atomic mass is 28.4. The summed E-state index contributed by atoms with van der Waals surface area (Å²) in [5.41, 5.74) is 0.399. The van der Waals surface area contributed by atoms with Crippen molar-refractivity contribution in [1.29, 1.82) is 0 Å². The van der Waals surface area contributed by atoms with Crippen LogP contribution in [0.4, 0.5) is 0 Å². The lowest BCUT2D eigenvalue weighted by atomic mass is 9.99. The summed E-state index contributed by atoms with van der Waals surface area (Å²) in [5, 5.41) is 0.0457. The van der Waals surface area contributed by atoms with Crippen LogP contribution in [0.3, 0.4) is 0 Å². The van der Waals surface area contributed by atoms with Gasteiger partial charge in [-0.05, 0) is 28.5 Å². The SMILES string of the molecule is C=CC(=O)O[Si](CC(C)C)(C(C)C)C(C)(C)C(C)C. The van der Waals surface area contributed by atoms with E-state index in [0.717, 1.165) is 6.04 Å². The van der Waals surface area contributed by atoms with Gasteiger partial charge >= 0.3 is 5.97 Å². The van der Waals surface area contributed by atoms with E-state index in [9.17, 15) is 4.79 Å². The molecule has 0 aliphatic rings. The normalized spacial score (nSPS) is 15.7. The Kier molecular flexibility index (Phi) is 6.53. The molecule has 0 saturated heterocycles. The summed E-state index contributed by atoms with van der Waals surface area (Å²) in [7, 11) is -2.23. The van der Waals surface area contributed by atoms with Crippen molar-refractivity contribution in [2.45, 2.75) is 72.0 Å². The van der Waals surface area contributed by atoms with Crippen molar-refractivity contribution in [1.82, 2.24) is 0 Å². The first-order valence-electron chi connectivity index (χ1n) is 7.36. The van der Waals surface area contributed by atoms with Crippen molar-refractivity contribution < 1.29 is 9.22 Å². The maximum absolute atomic E-state index is 11.9. The molecule has 0 fully saturated rings. The highest BCUT2D eigenvalue weighted by Crippen LogP contribution is 2.53. The minimum Gasteiger partial charge on any atom is -0.515 e. The minimum atomic E-state index is -2.23. The van der Waals surface area contributed by atoms with E-state index in [0.29, 0.717) is 17.4 Å². The standard InChI is InChI=1S/C16H32O2Si/c1-10-15(17)18-19(14(6)7,11-12(2)3)16(8,9)13(4)5/h10,12-14H,1,11H2,2-9H3. The molecular formula is C16H32O2Si. The summed E-state index contributed by atoms with van der Waals surface area (Å²) in [4.78, 5) is 11.9. The first kappa shape index (κ1) is 18.4. The molecule has 0 aliphatic carbocycles. The van der Waals surface area contributed by atoms with Gasteiger partial charge in [0.25, 0.3) is 8.32 Å². The van der Waals surface area contributed by atoms with E-state index in [2.05, 4.69) is 62.0 Å². The molecule has 0 heterocycles. The van der Waals surface area contributed by atoms with E-state index in [1.807, 2.05) is 0 Å². The van der Waals surface area contributed by atoms with Gasteiger partial charge in [-0.15, -0.1) is 0 Å². The molecule has 1 atom stereocenters. The molecule has 0 aromatic heterocycles. The monoisotopic (exact) mass is 284 g/mol. The Bertz CT molecular complexity index is 319. The predicted molar refractivity (Wildman–Crippen MR) is 85.7 cm³/mol. The average molecular weight is 285 g/mol. The fraction of sp³-hybridized carbons (Fsp3) is 0.812. The summed E-state index contributed by atoms with van der Waals surface area (Å²) in [6.45, 7) is 21.4. The summed E-state index contributed by atoms with van der Waals surface area (Å²) >= 11 is 0. The Balaban J connectivity index is 5.76. The molecule has 0 aliphatic heterocycles. The van der Waals surface area contributed by atoms with Crippen molar-refractivity contribution >= 4 is 14.3 Å². The highest BCUT2D eigenvalue weighted by Gasteiger charge is 2.55. The molecule has 3 heteroatoms. The predicted octanol–water partition coefficient (Wildman–Crippen LogP) is 5.16. The molecule has 19 heavy (non-hydrogen) atoms. The third kappa shape index (κ3) is 3.94. The fourth-order valence-corrected chi connectivity index (χ4v) is 8.55. The van der Waals surface area contributed by atoms with Crippen molar-refractivity contribution in [3.05, 3.63) is 12.7 Å². The van der Waals surface area contributed by atoms with Crippen molar-refractivity contribution in [3.8, 4) is 0 Å². The zero-order chi connectivity index (χ0) is 15.4. The lowest BCUT2D eigenvalue weighted by molar-refractivity contribution is -0.130. The second-order valence-electron chi connectivity index (χ2n) is 7.14. The molecule has 0 radical (unpaired) electrons. The Labute approximate surface area is 120 Å². The average Bonchev–Trinajstić information content (AvgIpc) is 2.26. The number of carbonyl (C=O) groups is 1. The zero-order valence-electron chi connectivity index (χ0n) is 14.0. The Morgan fingerprint density at radius 1 is 1.21 bits per heavy atom. The quantitative estimate of drug-likeness (QED) is 0.476. The maximum Gasteiger partial charge on any atom is 0.316 e. The highest BCUT2D eigenvalue weighted by molar-refractivity contribution is 6.79. The van der Waals surface area contributed by atoms with E-state index >= 15 is 0 Å². The summed E-state index contributed by atoms with van der Waals surface area (Å²) in [5.74, 6) is 0.761. The van der Waals surface area contributed by atoms with E-state index in [1.165, 1.54) is 6.08 Å². The van der Waals surface area contributed by atoms with Gasteiger partial charge in [-0.3, -0.25) is 0 Å². The largest absolute Gasteiger partial charge is 0.515 e. The van der Waals surface area contributed by atoms with Gasteiger partial charge in [0, 0.05) is 6.08 Å². The number of carbonyl (C=O) groups excluding carboxylic acids is 1. The van der Waals surface area contributed by atoms with Crippen LogP contribution >= 0.6 is 0 Å². The number of rotatable bonds is 7. The first-order valence-corrected chi connectivity index (χ1v) is 9.56. The lowest BCUT2D eigenvalue weighted by Crippen LogP contribution is -2.54. The van der Waals surface area contributed by atoms with Gasteiger partial charge in [0.2, 0.25) is 0 Å². The third-order valence-corrected chi connectivity index (χ3v) is 11.2. The molecule has 0 aromatic rings. The second kappa shape index (κ2) is 6.73. The zero-order valence-corrected chi connectivity index (χ0v) is 15.0. The van der Waals surface area contributed by atoms with Crippen LogP contribution < -0.4 is 0 Å². The van der Waals surface area contributed by atoms with Gasteiger partial charge in [0.1, 0.15) is 0 Å². The van der Waals surface area contributed by atoms with Gasteiger partial charge in [0.15, 0.2) is 0 Å². The second-order valence-corrected chi connectivity index (χ2v) is 12.0. The van der Waals surface area contributed by atoms with Crippen LogP contribution in [0, 0.1) is 11.8 Å². The van der Waals surface area contributed by atoms with E-state index in [-0.39, 0.29) is 11.0 Å². The summed E-state index contributed by atoms with van der Waals surface area (Å²) < 4.78 is 6.07. The Morgan fingerprint density at radius 3 is 1.95 bits per heavy atom. The van der Waals surface area contributed by atoms with E-state index < -0.39 is 8.32 Å². The molecule has 0 amide bonds. The van der Waals surface area contributed by atoms with E-state index in [1.54, 1.807) is 0 Å². The van der Waals surface area contributed by atoms with Crippen molar-refractivity contribution in [2.75, 3.05) is 0 Å². The van der Waals surface area contributed by atoms with Crippen molar-refractivity contribution in [2.24, 2.45) is 11.8 Å². The Hall–Kier alpha value is -0.573. The topological polar surface area (TPSA) is 26.3 Å². The van der Waals surface area contributed by atoms with Gasteiger partial charge in [-0.2, -0.15) is 0 Å². The van der Waals surface area contributed by atoms with Gasteiger partial charge in [-0.1, -0.05) is 62.0 Å². The van der Waals surface area contributed by atoms with Crippen LogP contribution in [0.5, 0.6) is 0 Å². The third-order valence-electron chi connectivity index (χ3n) is 4.63. The lowest BCUT2D eigenvalue weighted by Gasteiger charge is -2.49. The van der Waals surface area contributed by atoms with Gasteiger partial charge < -0.3 is 4.43 Å². The van der Waals surface area contributed by atoms with Crippen molar-refractivity contribution in [3.63, 3.8) is 0 Å². The first-order chi connectivity index (χ1) is 8.51. The number of hydrogen-bond donors (Lipinski definition) is 0. The van der Waals surface area contributed by atoms with Crippen LogP contribution in [0.2, 0.25) is 16.6 Å². The molecule has 0 bridgehead atoms.